The molecular weight excluding hydrogens is 274 g/mol. The SMILES string of the molecule is NO[S+]([O])(=O)c1cc([N+](=O)[O-])c(O)c([N+](=O)[O-])c1. The first-order chi connectivity index (χ1) is 8.20. The summed E-state index contributed by atoms with van der Waals surface area (Å²) in [5.41, 5.74) is -2.31. The number of aromatic hydroxyl groups is 1. The zero-order chi connectivity index (χ0) is 14.1. The van der Waals surface area contributed by atoms with E-state index in [2.05, 4.69) is 10.2 Å². The van der Waals surface area contributed by atoms with E-state index in [4.69, 9.17) is 0 Å². The zero-order valence-corrected chi connectivity index (χ0v) is 9.16. The molecule has 0 amide bonds. The Hall–Kier alpha value is -2.15. The van der Waals surface area contributed by atoms with Crippen molar-refractivity contribution < 1.29 is 28.0 Å². The van der Waals surface area contributed by atoms with Gasteiger partial charge in [0, 0.05) is 0 Å². The van der Waals surface area contributed by atoms with Gasteiger partial charge in [-0.25, -0.2) is 0 Å². The number of rotatable bonds is 4. The Balaban J connectivity index is 3.63. The van der Waals surface area contributed by atoms with Gasteiger partial charge in [-0.15, -0.1) is 0 Å². The van der Waals surface area contributed by atoms with Crippen molar-refractivity contribution in [3.05, 3.63) is 32.4 Å². The second kappa shape index (κ2) is 4.61. The molecule has 1 aromatic carbocycles. The third-order valence-corrected chi connectivity index (χ3v) is 2.92. The van der Waals surface area contributed by atoms with Gasteiger partial charge >= 0.3 is 21.9 Å². The highest BCUT2D eigenvalue weighted by atomic mass is 32.3. The third-order valence-electron chi connectivity index (χ3n) is 1.85. The number of benzene rings is 1. The van der Waals surface area contributed by atoms with E-state index in [9.17, 15) is 34.1 Å². The molecule has 0 aromatic heterocycles. The third kappa shape index (κ3) is 2.40. The van der Waals surface area contributed by atoms with E-state index in [0.717, 1.165) is 0 Å². The van der Waals surface area contributed by atoms with E-state index >= 15 is 0 Å². The molecule has 1 aromatic rings. The molecule has 18 heavy (non-hydrogen) atoms. The van der Waals surface area contributed by atoms with Gasteiger partial charge in [-0.05, 0) is 8.49 Å². The number of nitro groups is 2. The topological polar surface area (TPSA) is 179 Å². The molecule has 0 saturated carbocycles. The van der Waals surface area contributed by atoms with Crippen LogP contribution in [0.3, 0.4) is 0 Å². The van der Waals surface area contributed by atoms with Crippen molar-refractivity contribution in [2.24, 2.45) is 5.90 Å². The van der Waals surface area contributed by atoms with Gasteiger partial charge in [0.1, 0.15) is 0 Å². The quantitative estimate of drug-likeness (QED) is 0.445. The minimum Gasteiger partial charge on any atom is -0.497 e. The molecule has 1 unspecified atom stereocenters. The molecule has 0 aliphatic heterocycles. The smallest absolute Gasteiger partial charge is 0.447 e. The monoisotopic (exact) mass is 279 g/mol. The van der Waals surface area contributed by atoms with Crippen molar-refractivity contribution in [2.75, 3.05) is 0 Å². The lowest BCUT2D eigenvalue weighted by Crippen LogP contribution is -2.17. The summed E-state index contributed by atoms with van der Waals surface area (Å²) in [5, 5.41) is 30.3. The van der Waals surface area contributed by atoms with Crippen molar-refractivity contribution in [3.8, 4) is 5.75 Å². The van der Waals surface area contributed by atoms with Gasteiger partial charge < -0.3 is 5.11 Å². The summed E-state index contributed by atoms with van der Waals surface area (Å²) in [7, 11) is -4.57. The highest BCUT2D eigenvalue weighted by Crippen LogP contribution is 2.39. The molecule has 0 heterocycles. The summed E-state index contributed by atoms with van der Waals surface area (Å²) in [4.78, 5) is 17.8. The molecule has 1 rings (SSSR count). The maximum atomic E-state index is 11.2. The van der Waals surface area contributed by atoms with Gasteiger partial charge in [0.25, 0.3) is 5.75 Å². The van der Waals surface area contributed by atoms with E-state index in [1.165, 1.54) is 0 Å². The van der Waals surface area contributed by atoms with Gasteiger partial charge in [-0.3, -0.25) is 20.2 Å². The molecular formula is C6H5N3O8S+. The van der Waals surface area contributed by atoms with Crippen molar-refractivity contribution in [1.29, 1.82) is 0 Å². The Morgan fingerprint density at radius 2 is 1.61 bits per heavy atom. The van der Waals surface area contributed by atoms with Crippen LogP contribution in [0.2, 0.25) is 0 Å². The Kier molecular flexibility index (Phi) is 3.57. The van der Waals surface area contributed by atoms with Crippen LogP contribution in [0.5, 0.6) is 5.75 Å². The first-order valence-corrected chi connectivity index (χ1v) is 5.40. The number of phenolic OH excluding ortho intramolecular Hbond substituents is 1. The van der Waals surface area contributed by atoms with Gasteiger partial charge in [0.05, 0.1) is 26.5 Å². The fraction of sp³-hybridized carbons (Fsp3) is 0. The van der Waals surface area contributed by atoms with Gasteiger partial charge in [0.2, 0.25) is 4.90 Å². The van der Waals surface area contributed by atoms with Crippen LogP contribution in [-0.2, 0) is 23.5 Å². The molecule has 97 valence electrons. The molecule has 1 radical (unpaired) electrons. The normalized spacial score (nSPS) is 13.9. The highest BCUT2D eigenvalue weighted by molar-refractivity contribution is 7.93. The molecule has 0 fully saturated rings. The molecule has 11 nitrogen and oxygen atoms in total. The van der Waals surface area contributed by atoms with Crippen LogP contribution in [0.4, 0.5) is 11.4 Å². The van der Waals surface area contributed by atoms with Crippen LogP contribution in [0.15, 0.2) is 17.0 Å². The van der Waals surface area contributed by atoms with Gasteiger partial charge in [-0.2, -0.15) is 5.90 Å². The minimum absolute atomic E-state index is 0.393. The number of nitro benzene ring substituents is 2. The number of phenols is 1. The molecule has 0 aliphatic rings. The van der Waals surface area contributed by atoms with Crippen molar-refractivity contribution in [3.63, 3.8) is 0 Å². The minimum atomic E-state index is -4.57. The molecule has 1 atom stereocenters. The zero-order valence-electron chi connectivity index (χ0n) is 8.34. The van der Waals surface area contributed by atoms with Gasteiger partial charge in [-0.1, -0.05) is 0 Å². The standard InChI is InChI=1S/C6H5N3O8S/c7-17-18(15,16)3-1-4(8(11)12)6(10)5(2-3)9(13)14/h1-2,10H,7H2/q+1. The number of nitrogens with two attached hydrogens (primary N) is 1. The second-order valence-corrected chi connectivity index (χ2v) is 4.45. The van der Waals surface area contributed by atoms with E-state index < -0.39 is 42.4 Å². The fourth-order valence-electron chi connectivity index (χ4n) is 1.06. The molecule has 12 heteroatoms. The Bertz CT molecular complexity index is 537. The van der Waals surface area contributed by atoms with E-state index in [1.54, 1.807) is 0 Å². The Labute approximate surface area is 99.5 Å². The first-order valence-electron chi connectivity index (χ1n) is 4.00. The molecule has 0 saturated heterocycles. The maximum absolute atomic E-state index is 11.2. The second-order valence-electron chi connectivity index (χ2n) is 2.87. The summed E-state index contributed by atoms with van der Waals surface area (Å²) in [6, 6.07) is 0.787. The van der Waals surface area contributed by atoms with Crippen molar-refractivity contribution in [2.45, 2.75) is 4.90 Å². The molecule has 3 N–H and O–H groups in total. The van der Waals surface area contributed by atoms with E-state index in [0.29, 0.717) is 12.1 Å². The molecule has 0 aliphatic carbocycles. The van der Waals surface area contributed by atoms with Crippen LogP contribution in [0.25, 0.3) is 0 Å². The van der Waals surface area contributed by atoms with Crippen molar-refractivity contribution in [1.82, 2.24) is 0 Å². The maximum Gasteiger partial charge on any atom is 0.447 e. The lowest BCUT2D eigenvalue weighted by Gasteiger charge is -2.00. The van der Waals surface area contributed by atoms with Crippen LogP contribution in [0, 0.1) is 20.2 Å². The van der Waals surface area contributed by atoms with Crippen molar-refractivity contribution >= 4 is 21.9 Å². The summed E-state index contributed by atoms with van der Waals surface area (Å²) in [6.45, 7) is 0. The lowest BCUT2D eigenvalue weighted by molar-refractivity contribution is -0.396. The van der Waals surface area contributed by atoms with Crippen LogP contribution < -0.4 is 5.90 Å². The van der Waals surface area contributed by atoms with Crippen LogP contribution in [-0.4, -0.2) is 15.0 Å². The summed E-state index contributed by atoms with van der Waals surface area (Å²) in [6.07, 6.45) is 0. The fourth-order valence-corrected chi connectivity index (χ4v) is 1.68. The summed E-state index contributed by atoms with van der Waals surface area (Å²) < 4.78 is 26.0. The largest absolute Gasteiger partial charge is 0.497 e. The number of nitrogens with zero attached hydrogens (tertiary/aromatic N) is 2. The average molecular weight is 279 g/mol. The number of hydrogen-bond acceptors (Lipinski definition) is 8. The van der Waals surface area contributed by atoms with Crippen LogP contribution >= 0.6 is 0 Å². The van der Waals surface area contributed by atoms with Crippen LogP contribution in [0.1, 0.15) is 0 Å². The van der Waals surface area contributed by atoms with E-state index in [1.807, 2.05) is 0 Å². The first kappa shape index (κ1) is 13.9. The van der Waals surface area contributed by atoms with Gasteiger partial charge in [0.15, 0.2) is 0 Å². The lowest BCUT2D eigenvalue weighted by atomic mass is 10.2. The predicted molar refractivity (Wildman–Crippen MR) is 53.7 cm³/mol. The summed E-state index contributed by atoms with van der Waals surface area (Å²) in [5.74, 6) is 3.18. The Morgan fingerprint density at radius 3 is 1.89 bits per heavy atom. The number of hydrogen-bond donors (Lipinski definition) is 2. The average Bonchev–Trinajstić information content (AvgIpc) is 2.28. The molecule has 0 spiro atoms. The predicted octanol–water partition coefficient (Wildman–Crippen LogP) is 0.218. The van der Waals surface area contributed by atoms with E-state index in [-0.39, 0.29) is 0 Å². The highest BCUT2D eigenvalue weighted by Gasteiger charge is 2.41. The molecule has 0 bridgehead atoms. The Morgan fingerprint density at radius 1 is 1.22 bits per heavy atom. The summed E-state index contributed by atoms with van der Waals surface area (Å²) >= 11 is 0.